The largest absolute Gasteiger partial charge is 0.376 e. The molecule has 4 aliphatic rings. The van der Waals surface area contributed by atoms with Crippen molar-refractivity contribution in [2.24, 2.45) is 0 Å². The summed E-state index contributed by atoms with van der Waals surface area (Å²) >= 11 is 0. The monoisotopic (exact) mass is 768 g/mol. The highest BCUT2D eigenvalue weighted by atomic mass is 15.1. The number of hydrogen-bond acceptors (Lipinski definition) is 1. The molecule has 2 aliphatic heterocycles. The first-order valence-electron chi connectivity index (χ1n) is 22.1. The summed E-state index contributed by atoms with van der Waals surface area (Å²) in [7, 11) is 0. The van der Waals surface area contributed by atoms with E-state index < -0.39 is 0 Å². The first-order chi connectivity index (χ1) is 29.2. The molecule has 4 heterocycles. The van der Waals surface area contributed by atoms with Crippen LogP contribution < -0.4 is 15.7 Å². The highest BCUT2D eigenvalue weighted by molar-refractivity contribution is 6.92. The van der Waals surface area contributed by atoms with Crippen molar-refractivity contribution in [3.8, 4) is 22.3 Å². The van der Waals surface area contributed by atoms with E-state index in [-0.39, 0.29) is 23.6 Å². The number of para-hydroxylation sites is 2. The van der Waals surface area contributed by atoms with Crippen molar-refractivity contribution in [3.63, 3.8) is 0 Å². The van der Waals surface area contributed by atoms with Crippen molar-refractivity contribution in [1.29, 1.82) is 0 Å². The Labute approximate surface area is 351 Å². The predicted octanol–water partition coefficient (Wildman–Crippen LogP) is 13.2. The van der Waals surface area contributed by atoms with Gasteiger partial charge >= 0.3 is 6.85 Å². The van der Waals surface area contributed by atoms with Crippen LogP contribution in [0, 0.1) is 6.92 Å². The van der Waals surface area contributed by atoms with E-state index in [2.05, 4.69) is 183 Å². The van der Waals surface area contributed by atoms with Gasteiger partial charge in [0.2, 0.25) is 0 Å². The molecule has 0 radical (unpaired) electrons. The summed E-state index contributed by atoms with van der Waals surface area (Å²) < 4.78 is 2.57. The standard InChI is InChI=1S/C57H45BN2/c1-32-27-44-45(57(4,5)26-25-56(44,2)3)31-49(32)60-55-43(30-42-37-19-10-12-23-47(37)59-48-24-13-11-20-39(48)52(55)54(42)59)51-36-18-9-7-16-34(36)29-41-40-28-33-15-6-8-17-35(33)38-21-14-22-46(50(38)40)58(60)53(41)51/h6-24,27,29-31,40H,25-26,28H2,1-5H3. The van der Waals surface area contributed by atoms with E-state index in [0.717, 1.165) is 6.42 Å². The molecule has 2 nitrogen and oxygen atoms in total. The molecule has 0 N–H and O–H groups in total. The van der Waals surface area contributed by atoms with E-state index >= 15 is 0 Å². The lowest BCUT2D eigenvalue weighted by molar-refractivity contribution is 0.332. The lowest BCUT2D eigenvalue weighted by Crippen LogP contribution is -2.62. The summed E-state index contributed by atoms with van der Waals surface area (Å²) in [4.78, 5) is 2.87. The van der Waals surface area contributed by atoms with Gasteiger partial charge in [-0.3, -0.25) is 0 Å². The number of benzene rings is 8. The van der Waals surface area contributed by atoms with E-state index in [9.17, 15) is 0 Å². The van der Waals surface area contributed by atoms with Crippen LogP contribution in [0.2, 0.25) is 0 Å². The van der Waals surface area contributed by atoms with E-state index in [1.807, 2.05) is 0 Å². The van der Waals surface area contributed by atoms with Gasteiger partial charge in [-0.2, -0.15) is 0 Å². The van der Waals surface area contributed by atoms with Crippen LogP contribution in [0.4, 0.5) is 11.4 Å². The number of rotatable bonds is 1. The topological polar surface area (TPSA) is 7.65 Å². The Hall–Kier alpha value is -6.32. The molecule has 286 valence electrons. The van der Waals surface area contributed by atoms with Gasteiger partial charge in [0.05, 0.1) is 16.6 Å². The zero-order valence-electron chi connectivity index (χ0n) is 34.9. The molecule has 1 unspecified atom stereocenters. The van der Waals surface area contributed by atoms with Gasteiger partial charge in [-0.05, 0) is 133 Å². The van der Waals surface area contributed by atoms with Crippen molar-refractivity contribution in [3.05, 3.63) is 173 Å². The molecule has 0 saturated carbocycles. The van der Waals surface area contributed by atoms with Gasteiger partial charge in [0, 0.05) is 44.4 Å². The van der Waals surface area contributed by atoms with E-state index in [1.54, 1.807) is 0 Å². The Morgan fingerprint density at radius 2 is 1.27 bits per heavy atom. The molecule has 14 rings (SSSR count). The average molecular weight is 769 g/mol. The van der Waals surface area contributed by atoms with Crippen LogP contribution in [-0.4, -0.2) is 11.2 Å². The smallest absolute Gasteiger partial charge is 0.329 e. The quantitative estimate of drug-likeness (QED) is 0.151. The molecule has 0 spiro atoms. The SMILES string of the molecule is Cc1cc2c(cc1N1B3c4cccc5c4C(Cc4ccccc4-5)c4cc5ccccc5c(c43)-c3cc4c5ccccc5n5c6ccccc6c(c31)c45)C(C)(C)CCC2(C)C. The van der Waals surface area contributed by atoms with Crippen molar-refractivity contribution in [2.75, 3.05) is 4.81 Å². The van der Waals surface area contributed by atoms with Crippen molar-refractivity contribution < 1.29 is 0 Å². The minimum atomic E-state index is -0.0145. The molecule has 0 fully saturated rings. The number of aryl methyl sites for hydroxylation is 1. The maximum atomic E-state index is 2.87. The van der Waals surface area contributed by atoms with Crippen LogP contribution in [0.25, 0.3) is 71.1 Å². The van der Waals surface area contributed by atoms with Crippen molar-refractivity contribution in [1.82, 2.24) is 4.40 Å². The molecule has 0 bridgehead atoms. The zero-order valence-corrected chi connectivity index (χ0v) is 34.9. The molecule has 1 atom stereocenters. The lowest BCUT2D eigenvalue weighted by atomic mass is 9.39. The van der Waals surface area contributed by atoms with Crippen LogP contribution in [0.3, 0.4) is 0 Å². The Morgan fingerprint density at radius 3 is 2.08 bits per heavy atom. The molecule has 3 heteroatoms. The predicted molar refractivity (Wildman–Crippen MR) is 255 cm³/mol. The number of anilines is 2. The Bertz CT molecular complexity index is 3560. The van der Waals surface area contributed by atoms with Gasteiger partial charge in [0.15, 0.2) is 0 Å². The molecule has 2 aromatic heterocycles. The van der Waals surface area contributed by atoms with Gasteiger partial charge < -0.3 is 9.21 Å². The first-order valence-corrected chi connectivity index (χ1v) is 22.1. The van der Waals surface area contributed by atoms with E-state index in [4.69, 9.17) is 0 Å². The third-order valence-electron chi connectivity index (χ3n) is 15.8. The summed E-state index contributed by atoms with van der Waals surface area (Å²) in [6, 6.07) is 54.4. The van der Waals surface area contributed by atoms with Gasteiger partial charge in [0.1, 0.15) is 0 Å². The summed E-state index contributed by atoms with van der Waals surface area (Å²) in [5.41, 5.74) is 24.1. The van der Waals surface area contributed by atoms with Crippen molar-refractivity contribution in [2.45, 2.75) is 70.6 Å². The van der Waals surface area contributed by atoms with Crippen LogP contribution in [0.1, 0.15) is 79.8 Å². The minimum Gasteiger partial charge on any atom is -0.376 e. The average Bonchev–Trinajstić information content (AvgIpc) is 3.78. The second-order valence-electron chi connectivity index (χ2n) is 19.8. The van der Waals surface area contributed by atoms with Gasteiger partial charge in [-0.1, -0.05) is 143 Å². The highest BCUT2D eigenvalue weighted by Gasteiger charge is 2.49. The van der Waals surface area contributed by atoms with Crippen LogP contribution in [0.15, 0.2) is 140 Å². The summed E-state index contributed by atoms with van der Waals surface area (Å²) in [5, 5.41) is 8.03. The second kappa shape index (κ2) is 11.1. The maximum absolute atomic E-state index is 2.87. The van der Waals surface area contributed by atoms with Crippen molar-refractivity contribution >= 4 is 78.0 Å². The third kappa shape index (κ3) is 3.98. The first kappa shape index (κ1) is 33.5. The fourth-order valence-corrected chi connectivity index (χ4v) is 13.0. The van der Waals surface area contributed by atoms with E-state index in [1.165, 1.54) is 140 Å². The van der Waals surface area contributed by atoms with Crippen LogP contribution in [-0.2, 0) is 17.3 Å². The zero-order chi connectivity index (χ0) is 40.0. The molecule has 8 aromatic carbocycles. The van der Waals surface area contributed by atoms with E-state index in [0.29, 0.717) is 0 Å². The molecular formula is C57H45BN2. The third-order valence-corrected chi connectivity index (χ3v) is 15.8. The van der Waals surface area contributed by atoms with Gasteiger partial charge in [-0.15, -0.1) is 0 Å². The Morgan fingerprint density at radius 1 is 0.600 bits per heavy atom. The summed E-state index contributed by atoms with van der Waals surface area (Å²) in [6.45, 7) is 12.3. The van der Waals surface area contributed by atoms with Crippen LogP contribution in [0.5, 0.6) is 0 Å². The van der Waals surface area contributed by atoms with Gasteiger partial charge in [0.25, 0.3) is 0 Å². The van der Waals surface area contributed by atoms with Crippen LogP contribution >= 0.6 is 0 Å². The molecule has 0 amide bonds. The number of nitrogens with zero attached hydrogens (tertiary/aromatic N) is 2. The highest BCUT2D eigenvalue weighted by Crippen LogP contribution is 2.57. The number of fused-ring (bicyclic) bond motifs is 16. The minimum absolute atomic E-state index is 0.0145. The summed E-state index contributed by atoms with van der Waals surface area (Å²) in [5.74, 6) is 0.273. The fourth-order valence-electron chi connectivity index (χ4n) is 13.0. The summed E-state index contributed by atoms with van der Waals surface area (Å²) in [6.07, 6.45) is 3.39. The maximum Gasteiger partial charge on any atom is 0.329 e. The molecule has 60 heavy (non-hydrogen) atoms. The Balaban J connectivity index is 1.22. The Kier molecular flexibility index (Phi) is 6.19. The molecule has 0 saturated heterocycles. The van der Waals surface area contributed by atoms with Gasteiger partial charge in [-0.25, -0.2) is 0 Å². The molecular weight excluding hydrogens is 723 g/mol. The molecule has 2 aliphatic carbocycles. The fraction of sp³-hybridized carbons (Fsp3) is 0.193. The number of aromatic nitrogens is 1. The normalized spacial score (nSPS) is 17.9. The lowest BCUT2D eigenvalue weighted by Gasteiger charge is -2.48. The molecule has 10 aromatic rings. The second-order valence-corrected chi connectivity index (χ2v) is 19.8. The number of hydrogen-bond donors (Lipinski definition) is 0.